The van der Waals surface area contributed by atoms with E-state index in [1.54, 1.807) is 20.4 Å². The van der Waals surface area contributed by atoms with E-state index in [0.717, 1.165) is 36.3 Å². The Morgan fingerprint density at radius 3 is 2.45 bits per heavy atom. The zero-order valence-electron chi connectivity index (χ0n) is 24.4. The summed E-state index contributed by atoms with van der Waals surface area (Å²) in [5.41, 5.74) is 1.99. The molecule has 0 saturated carbocycles. The third kappa shape index (κ3) is 7.32. The number of aromatic nitrogens is 4. The van der Waals surface area contributed by atoms with Crippen molar-refractivity contribution in [1.82, 2.24) is 19.9 Å². The van der Waals surface area contributed by atoms with Crippen LogP contribution in [0.2, 0.25) is 18.1 Å². The number of benzene rings is 1. The summed E-state index contributed by atoms with van der Waals surface area (Å²) in [6, 6.07) is 5.73. The van der Waals surface area contributed by atoms with E-state index < -0.39 is 8.32 Å². The number of fused-ring (bicyclic) bond motifs is 1. The molecule has 1 aromatic carbocycles. The van der Waals surface area contributed by atoms with Crippen LogP contribution < -0.4 is 20.1 Å². The first-order valence-electron chi connectivity index (χ1n) is 13.3. The number of methoxy groups -OCH3 is 2. The number of unbranched alkanes of at least 4 members (excludes halogenated alkanes) is 1. The maximum atomic E-state index is 6.68. The maximum Gasteiger partial charge on any atom is 0.225 e. The van der Waals surface area contributed by atoms with Gasteiger partial charge in [0.05, 0.1) is 32.6 Å². The molecule has 1 atom stereocenters. The topological polar surface area (TPSA) is 103 Å². The van der Waals surface area contributed by atoms with Crippen molar-refractivity contribution in [2.75, 3.05) is 31.5 Å². The lowest BCUT2D eigenvalue weighted by atomic mass is 9.96. The van der Waals surface area contributed by atoms with Crippen molar-refractivity contribution in [1.29, 1.82) is 0 Å². The second-order valence-electron chi connectivity index (χ2n) is 11.5. The monoisotopic (exact) mass is 540 g/mol. The summed E-state index contributed by atoms with van der Waals surface area (Å²) in [5.74, 6) is 2.62. The second-order valence-corrected chi connectivity index (χ2v) is 16.3. The largest absolute Gasteiger partial charge is 0.497 e. The second kappa shape index (κ2) is 12.3. The van der Waals surface area contributed by atoms with Crippen LogP contribution in [0.25, 0.3) is 11.0 Å². The lowest BCUT2D eigenvalue weighted by Gasteiger charge is -2.40. The Bertz CT molecular complexity index is 1220. The molecular weight excluding hydrogens is 496 g/mol. The van der Waals surface area contributed by atoms with Crippen LogP contribution in [0.15, 0.2) is 30.7 Å². The van der Waals surface area contributed by atoms with E-state index in [9.17, 15) is 0 Å². The van der Waals surface area contributed by atoms with Gasteiger partial charge in [0.1, 0.15) is 28.9 Å². The molecule has 0 aliphatic heterocycles. The Morgan fingerprint density at radius 2 is 1.79 bits per heavy atom. The number of hydrogen-bond acceptors (Lipinski definition) is 9. The summed E-state index contributed by atoms with van der Waals surface area (Å²) in [5, 5.41) is 7.19. The van der Waals surface area contributed by atoms with Gasteiger partial charge in [0.2, 0.25) is 5.95 Å². The maximum absolute atomic E-state index is 6.68. The fourth-order valence-corrected chi connectivity index (χ4v) is 4.92. The van der Waals surface area contributed by atoms with Crippen molar-refractivity contribution in [2.24, 2.45) is 0 Å². The summed E-state index contributed by atoms with van der Waals surface area (Å²) >= 11 is 0. The van der Waals surface area contributed by atoms with E-state index in [2.05, 4.69) is 73.3 Å². The van der Waals surface area contributed by atoms with E-state index in [0.29, 0.717) is 36.0 Å². The number of rotatable bonds is 13. The van der Waals surface area contributed by atoms with E-state index in [1.807, 2.05) is 18.2 Å². The quantitative estimate of drug-likeness (QED) is 0.237. The molecule has 3 aromatic rings. The van der Waals surface area contributed by atoms with Gasteiger partial charge in [-0.15, -0.1) is 0 Å². The Labute approximate surface area is 228 Å². The smallest absolute Gasteiger partial charge is 0.225 e. The van der Waals surface area contributed by atoms with E-state index in [1.165, 1.54) is 6.33 Å². The van der Waals surface area contributed by atoms with Crippen LogP contribution in [0.3, 0.4) is 0 Å². The summed E-state index contributed by atoms with van der Waals surface area (Å²) < 4.78 is 17.5. The first-order valence-corrected chi connectivity index (χ1v) is 16.2. The first kappa shape index (κ1) is 29.6. The molecule has 0 radical (unpaired) electrons. The van der Waals surface area contributed by atoms with Gasteiger partial charge in [-0.25, -0.2) is 15.0 Å². The summed E-state index contributed by atoms with van der Waals surface area (Å²) in [7, 11) is 1.35. The fraction of sp³-hybridized carbons (Fsp3) is 0.571. The Kier molecular flexibility index (Phi) is 9.53. The molecule has 2 heterocycles. The molecule has 10 heteroatoms. The van der Waals surface area contributed by atoms with Crippen LogP contribution in [-0.2, 0) is 11.0 Å². The predicted octanol–water partition coefficient (Wildman–Crippen LogP) is 6.43. The third-order valence-corrected chi connectivity index (χ3v) is 11.8. The SMILES string of the molecule is CCCC[C@](C)(CO[Si](C)(C)C(C)(C)C)Nc1nc(NCc2ccc(OC)cc2OC)nc2cncnc12. The van der Waals surface area contributed by atoms with Gasteiger partial charge in [-0.05, 0) is 43.6 Å². The number of nitrogens with zero attached hydrogens (tertiary/aromatic N) is 4. The summed E-state index contributed by atoms with van der Waals surface area (Å²) in [6.07, 6.45) is 6.36. The van der Waals surface area contributed by atoms with Crippen molar-refractivity contribution in [3.63, 3.8) is 0 Å². The highest BCUT2D eigenvalue weighted by atomic mass is 28.4. The van der Waals surface area contributed by atoms with E-state index in [-0.39, 0.29) is 10.6 Å². The average Bonchev–Trinajstić information content (AvgIpc) is 2.89. The number of hydrogen-bond donors (Lipinski definition) is 2. The summed E-state index contributed by atoms with van der Waals surface area (Å²) in [6.45, 7) is 16.9. The number of anilines is 2. The minimum absolute atomic E-state index is 0.132. The first-order chi connectivity index (χ1) is 17.9. The van der Waals surface area contributed by atoms with E-state index in [4.69, 9.17) is 18.9 Å². The van der Waals surface area contributed by atoms with Crippen LogP contribution in [0, 0.1) is 0 Å². The van der Waals surface area contributed by atoms with Crippen LogP contribution >= 0.6 is 0 Å². The van der Waals surface area contributed by atoms with Gasteiger partial charge >= 0.3 is 0 Å². The molecule has 208 valence electrons. The van der Waals surface area contributed by atoms with Crippen LogP contribution in [-0.4, -0.2) is 54.6 Å². The molecule has 0 saturated heterocycles. The molecule has 0 unspecified atom stereocenters. The Balaban J connectivity index is 1.90. The van der Waals surface area contributed by atoms with Gasteiger partial charge in [-0.1, -0.05) is 40.5 Å². The van der Waals surface area contributed by atoms with Crippen LogP contribution in [0.4, 0.5) is 11.8 Å². The van der Waals surface area contributed by atoms with Gasteiger partial charge in [0.25, 0.3) is 0 Å². The molecule has 38 heavy (non-hydrogen) atoms. The van der Waals surface area contributed by atoms with Crippen LogP contribution in [0.1, 0.15) is 59.4 Å². The highest BCUT2D eigenvalue weighted by Gasteiger charge is 2.39. The number of nitrogens with one attached hydrogen (secondary N) is 2. The molecule has 0 bridgehead atoms. The van der Waals surface area contributed by atoms with Gasteiger partial charge in [-0.2, -0.15) is 4.98 Å². The minimum atomic E-state index is -1.93. The Morgan fingerprint density at radius 1 is 1.03 bits per heavy atom. The lowest BCUT2D eigenvalue weighted by Crippen LogP contribution is -2.48. The normalized spacial score (nSPS) is 13.7. The molecule has 0 amide bonds. The molecule has 2 aromatic heterocycles. The molecule has 2 N–H and O–H groups in total. The average molecular weight is 541 g/mol. The predicted molar refractivity (Wildman–Crippen MR) is 157 cm³/mol. The van der Waals surface area contributed by atoms with Crippen molar-refractivity contribution in [3.05, 3.63) is 36.3 Å². The van der Waals surface area contributed by atoms with Crippen molar-refractivity contribution >= 4 is 31.1 Å². The standard InChI is InChI=1S/C28H44N6O3Si/c1-10-11-14-28(5,18-37-38(8,9)27(2,3)4)34-25-24-22(17-29-19-31-24)32-26(33-25)30-16-20-12-13-21(35-6)15-23(20)36-7/h12-13,15,17,19H,10-11,14,16,18H2,1-9H3,(H2,30,32,33,34)/t28-/m1/s1. The van der Waals surface area contributed by atoms with Crippen LogP contribution in [0.5, 0.6) is 11.5 Å². The van der Waals surface area contributed by atoms with Crippen molar-refractivity contribution in [3.8, 4) is 11.5 Å². The van der Waals surface area contributed by atoms with Gasteiger partial charge < -0.3 is 24.5 Å². The molecule has 9 nitrogen and oxygen atoms in total. The van der Waals surface area contributed by atoms with Gasteiger partial charge in [0.15, 0.2) is 14.1 Å². The molecule has 3 rings (SSSR count). The Hall–Kier alpha value is -2.98. The zero-order valence-corrected chi connectivity index (χ0v) is 25.4. The minimum Gasteiger partial charge on any atom is -0.497 e. The van der Waals surface area contributed by atoms with Crippen molar-refractivity contribution in [2.45, 2.75) is 84.1 Å². The van der Waals surface area contributed by atoms with Gasteiger partial charge in [-0.3, -0.25) is 0 Å². The lowest BCUT2D eigenvalue weighted by molar-refractivity contribution is 0.214. The molecule has 0 aliphatic carbocycles. The van der Waals surface area contributed by atoms with Gasteiger partial charge in [0, 0.05) is 18.2 Å². The highest BCUT2D eigenvalue weighted by molar-refractivity contribution is 6.74. The van der Waals surface area contributed by atoms with E-state index >= 15 is 0 Å². The fourth-order valence-electron chi connectivity index (χ4n) is 3.80. The summed E-state index contributed by atoms with van der Waals surface area (Å²) in [4.78, 5) is 18.2. The highest BCUT2D eigenvalue weighted by Crippen LogP contribution is 2.38. The molecular formula is C28H44N6O3Si. The molecule has 0 fully saturated rings. The zero-order chi connectivity index (χ0) is 28.0. The molecule has 0 spiro atoms. The van der Waals surface area contributed by atoms with Crippen molar-refractivity contribution < 1.29 is 13.9 Å². The molecule has 0 aliphatic rings. The number of ether oxygens (including phenoxy) is 2. The third-order valence-electron chi connectivity index (χ3n) is 7.35.